The van der Waals surface area contributed by atoms with Crippen LogP contribution in [0.1, 0.15) is 43.1 Å². The zero-order valence-corrected chi connectivity index (χ0v) is 18.7. The number of amides is 1. The normalized spacial score (nSPS) is 30.2. The molecule has 0 unspecified atom stereocenters. The summed E-state index contributed by atoms with van der Waals surface area (Å²) in [4.78, 5) is 15.1. The first kappa shape index (κ1) is 19.1. The minimum absolute atomic E-state index is 0.00714. The first-order valence-electron chi connectivity index (χ1n) is 10.4. The summed E-state index contributed by atoms with van der Waals surface area (Å²) in [5.74, 6) is 1.30. The summed E-state index contributed by atoms with van der Waals surface area (Å²) in [6.45, 7) is 11.9. The van der Waals surface area contributed by atoms with E-state index in [4.69, 9.17) is 13.9 Å². The second-order valence-electron chi connectivity index (χ2n) is 10.1. The molecule has 3 heterocycles. The third-order valence-electron chi connectivity index (χ3n) is 7.43. The van der Waals surface area contributed by atoms with Gasteiger partial charge in [0.25, 0.3) is 5.91 Å². The molecule has 4 aliphatic rings. The van der Waals surface area contributed by atoms with E-state index in [9.17, 15) is 9.90 Å². The highest BCUT2D eigenvalue weighted by Gasteiger charge is 2.53. The molecule has 5 rings (SSSR count). The molecule has 0 aromatic heterocycles. The van der Waals surface area contributed by atoms with E-state index in [2.05, 4.69) is 39.9 Å². The van der Waals surface area contributed by atoms with Crippen molar-refractivity contribution in [3.63, 3.8) is 0 Å². The lowest BCUT2D eigenvalue weighted by atomic mass is 9.75. The third-order valence-corrected chi connectivity index (χ3v) is 11.9. The van der Waals surface area contributed by atoms with Crippen molar-refractivity contribution in [1.29, 1.82) is 0 Å². The molecular weight excluding hydrogens is 386 g/mol. The Morgan fingerprint density at radius 3 is 2.48 bits per heavy atom. The van der Waals surface area contributed by atoms with Crippen molar-refractivity contribution in [1.82, 2.24) is 4.90 Å². The quantitative estimate of drug-likeness (QED) is 0.750. The number of benzene rings is 1. The van der Waals surface area contributed by atoms with Crippen molar-refractivity contribution in [2.45, 2.75) is 63.6 Å². The number of hydrogen-bond donors (Lipinski definition) is 1. The van der Waals surface area contributed by atoms with Crippen molar-refractivity contribution in [2.24, 2.45) is 5.92 Å². The number of carbonyl (C=O) groups is 1. The van der Waals surface area contributed by atoms with Gasteiger partial charge in [0.1, 0.15) is 0 Å². The smallest absolute Gasteiger partial charge is 0.255 e. The van der Waals surface area contributed by atoms with Crippen molar-refractivity contribution < 1.29 is 23.8 Å². The Hall–Kier alpha value is -1.83. The van der Waals surface area contributed by atoms with Gasteiger partial charge in [-0.2, -0.15) is 0 Å². The summed E-state index contributed by atoms with van der Waals surface area (Å²) in [6, 6.07) is 3.64. The number of hydrogen-bond acceptors (Lipinski definition) is 5. The van der Waals surface area contributed by atoms with E-state index in [0.29, 0.717) is 23.6 Å². The molecule has 1 aromatic rings. The topological polar surface area (TPSA) is 68.2 Å². The maximum atomic E-state index is 13.2. The average Bonchev–Trinajstić information content (AvgIpc) is 3.27. The lowest BCUT2D eigenvalue weighted by Gasteiger charge is -2.46. The van der Waals surface area contributed by atoms with E-state index in [0.717, 1.165) is 17.6 Å². The van der Waals surface area contributed by atoms with Crippen LogP contribution < -0.4 is 9.47 Å². The number of rotatable bonds is 2. The van der Waals surface area contributed by atoms with Gasteiger partial charge >= 0.3 is 0 Å². The van der Waals surface area contributed by atoms with Crippen LogP contribution in [0.3, 0.4) is 0 Å². The monoisotopic (exact) mass is 415 g/mol. The fourth-order valence-corrected chi connectivity index (χ4v) is 6.04. The van der Waals surface area contributed by atoms with Gasteiger partial charge in [0.15, 0.2) is 19.8 Å². The molecule has 1 fully saturated rings. The van der Waals surface area contributed by atoms with Crippen molar-refractivity contribution in [3.05, 3.63) is 29.3 Å². The SMILES string of the molecule is CC(C)(C)[Si](C)(C)O[C@@H]1C=C2c3cc4c(cc3C(=O)N3CC[C@H]([C@H]1O)[C@H]23)OCO4. The van der Waals surface area contributed by atoms with Gasteiger partial charge in [-0.3, -0.25) is 4.79 Å². The minimum Gasteiger partial charge on any atom is -0.454 e. The Morgan fingerprint density at radius 1 is 1.17 bits per heavy atom. The van der Waals surface area contributed by atoms with Crippen LogP contribution in [0.25, 0.3) is 5.57 Å². The maximum absolute atomic E-state index is 13.2. The van der Waals surface area contributed by atoms with Crippen LogP contribution >= 0.6 is 0 Å². The highest BCUT2D eigenvalue weighted by molar-refractivity contribution is 6.74. The Bertz CT molecular complexity index is 919. The number of nitrogens with zero attached hydrogens (tertiary/aromatic N) is 1. The Labute approximate surface area is 172 Å². The molecule has 29 heavy (non-hydrogen) atoms. The van der Waals surface area contributed by atoms with Gasteiger partial charge in [0, 0.05) is 12.5 Å². The molecule has 156 valence electrons. The second-order valence-corrected chi connectivity index (χ2v) is 14.9. The van der Waals surface area contributed by atoms with Gasteiger partial charge in [-0.05, 0) is 53.9 Å². The maximum Gasteiger partial charge on any atom is 0.255 e. The highest BCUT2D eigenvalue weighted by Crippen LogP contribution is 2.50. The summed E-state index contributed by atoms with van der Waals surface area (Å²) < 4.78 is 17.7. The number of ether oxygens (including phenoxy) is 2. The largest absolute Gasteiger partial charge is 0.454 e. The van der Waals surface area contributed by atoms with Gasteiger partial charge in [-0.15, -0.1) is 0 Å². The molecule has 0 spiro atoms. The fraction of sp³-hybridized carbons (Fsp3) is 0.591. The predicted molar refractivity (Wildman–Crippen MR) is 112 cm³/mol. The van der Waals surface area contributed by atoms with Crippen LogP contribution in [-0.2, 0) is 4.43 Å². The molecule has 6 nitrogen and oxygen atoms in total. The number of carbonyl (C=O) groups excluding carboxylic acids is 1. The fourth-order valence-electron chi connectivity index (χ4n) is 4.80. The van der Waals surface area contributed by atoms with E-state index in [1.165, 1.54) is 0 Å². The van der Waals surface area contributed by atoms with E-state index < -0.39 is 14.4 Å². The van der Waals surface area contributed by atoms with Crippen LogP contribution in [0.5, 0.6) is 11.5 Å². The molecule has 7 heteroatoms. The first-order valence-corrected chi connectivity index (χ1v) is 13.3. The average molecular weight is 416 g/mol. The lowest BCUT2D eigenvalue weighted by molar-refractivity contribution is 0.00264. The van der Waals surface area contributed by atoms with E-state index in [-0.39, 0.29) is 35.8 Å². The van der Waals surface area contributed by atoms with Crippen LogP contribution in [-0.4, -0.2) is 55.8 Å². The van der Waals surface area contributed by atoms with Crippen LogP contribution in [0.2, 0.25) is 18.1 Å². The molecular formula is C22H29NO5Si. The van der Waals surface area contributed by atoms with E-state index in [1.807, 2.05) is 11.0 Å². The van der Waals surface area contributed by atoms with Crippen molar-refractivity contribution in [3.8, 4) is 11.5 Å². The Kier molecular flexibility index (Phi) is 4.02. The Morgan fingerprint density at radius 2 is 1.83 bits per heavy atom. The lowest BCUT2D eigenvalue weighted by Crippen LogP contribution is -2.54. The van der Waals surface area contributed by atoms with Gasteiger partial charge in [-0.25, -0.2) is 0 Å². The van der Waals surface area contributed by atoms with E-state index in [1.54, 1.807) is 6.07 Å². The van der Waals surface area contributed by atoms with Gasteiger partial charge in [-0.1, -0.05) is 20.8 Å². The van der Waals surface area contributed by atoms with Gasteiger partial charge in [0.2, 0.25) is 6.79 Å². The molecule has 1 aromatic carbocycles. The van der Waals surface area contributed by atoms with Crippen molar-refractivity contribution >= 4 is 19.8 Å². The zero-order valence-electron chi connectivity index (χ0n) is 17.7. The Balaban J connectivity index is 1.62. The van der Waals surface area contributed by atoms with Crippen LogP contribution in [0, 0.1) is 5.92 Å². The summed E-state index contributed by atoms with van der Waals surface area (Å²) in [6.07, 6.45) is 1.88. The number of aliphatic hydroxyl groups is 1. The molecule has 0 radical (unpaired) electrons. The van der Waals surface area contributed by atoms with Gasteiger partial charge in [0.05, 0.1) is 23.8 Å². The molecule has 1 saturated heterocycles. The second kappa shape index (κ2) is 6.09. The molecule has 4 atom stereocenters. The van der Waals surface area contributed by atoms with E-state index >= 15 is 0 Å². The summed E-state index contributed by atoms with van der Waals surface area (Å²) >= 11 is 0. The molecule has 0 bridgehead atoms. The molecule has 1 N–H and O–H groups in total. The van der Waals surface area contributed by atoms with Crippen LogP contribution in [0.15, 0.2) is 18.2 Å². The summed E-state index contributed by atoms with van der Waals surface area (Å²) in [5, 5.41) is 11.2. The molecule has 3 aliphatic heterocycles. The zero-order chi connectivity index (χ0) is 20.7. The number of aliphatic hydroxyl groups excluding tert-OH is 1. The number of fused-ring (bicyclic) bond motifs is 3. The van der Waals surface area contributed by atoms with Gasteiger partial charge < -0.3 is 23.9 Å². The first-order chi connectivity index (χ1) is 13.6. The predicted octanol–water partition coefficient (Wildman–Crippen LogP) is 3.41. The summed E-state index contributed by atoms with van der Waals surface area (Å²) in [7, 11) is -2.07. The summed E-state index contributed by atoms with van der Waals surface area (Å²) in [5.41, 5.74) is 2.62. The van der Waals surface area contributed by atoms with Crippen molar-refractivity contribution in [2.75, 3.05) is 13.3 Å². The molecule has 1 aliphatic carbocycles. The van der Waals surface area contributed by atoms with Crippen LogP contribution in [0.4, 0.5) is 0 Å². The third kappa shape index (κ3) is 2.70. The minimum atomic E-state index is -2.07. The molecule has 1 amide bonds. The highest BCUT2D eigenvalue weighted by atomic mass is 28.4. The standard InChI is InChI=1S/C22H29NO5Si/c1-22(2,3)29(4,5)28-18-9-14-13-8-16-17(27-11-26-16)10-15(13)21(25)23-7-6-12(19(14)23)20(18)24/h8-10,12,18-20,24H,6-7,11H2,1-5H3/t12-,18+,19+,20+/m0/s1. The molecule has 0 saturated carbocycles.